The van der Waals surface area contributed by atoms with E-state index in [2.05, 4.69) is 19.6 Å². The monoisotopic (exact) mass is 151 g/mol. The Balaban J connectivity index is 0.000000187. The molecule has 0 aromatic carbocycles. The number of hydrogen-bond acceptors (Lipinski definition) is 4. The summed E-state index contributed by atoms with van der Waals surface area (Å²) in [5.74, 6) is 0. The van der Waals surface area contributed by atoms with Crippen LogP contribution in [0.1, 0.15) is 0 Å². The van der Waals surface area contributed by atoms with Crippen LogP contribution in [-0.4, -0.2) is 29.9 Å². The van der Waals surface area contributed by atoms with Gasteiger partial charge in [0.2, 0.25) is 0 Å². The van der Waals surface area contributed by atoms with Crippen LogP contribution in [0.25, 0.3) is 0 Å². The number of hydrogen-bond donors (Lipinski definition) is 1. The van der Waals surface area contributed by atoms with Gasteiger partial charge in [-0.2, -0.15) is 0 Å². The highest BCUT2D eigenvalue weighted by molar-refractivity contribution is 6.11. The Hall–Kier alpha value is -0.303. The molecule has 5 nitrogen and oxygen atoms in total. The fourth-order valence-electron chi connectivity index (χ4n) is 0.279. The molecule has 0 atom stereocenters. The first kappa shape index (κ1) is 8.70. The van der Waals surface area contributed by atoms with E-state index in [1.807, 2.05) is 0 Å². The van der Waals surface area contributed by atoms with Crippen molar-refractivity contribution < 1.29 is 18.7 Å². The van der Waals surface area contributed by atoms with E-state index in [9.17, 15) is 0 Å². The van der Waals surface area contributed by atoms with Crippen molar-refractivity contribution in [3.63, 3.8) is 0 Å². The van der Waals surface area contributed by atoms with E-state index in [0.717, 1.165) is 0 Å². The minimum Gasteiger partial charge on any atom is -0.405 e. The summed E-state index contributed by atoms with van der Waals surface area (Å²) in [7, 11) is -1.00. The topological polar surface area (TPSA) is 70.8 Å². The lowest BCUT2D eigenvalue weighted by atomic mass is 11.2. The molecule has 0 aliphatic carbocycles. The van der Waals surface area contributed by atoms with Gasteiger partial charge in [0.15, 0.2) is 20.4 Å². The lowest BCUT2D eigenvalue weighted by molar-refractivity contribution is -0.247. The third kappa shape index (κ3) is 7.70. The maximum atomic E-state index is 8.79. The van der Waals surface area contributed by atoms with E-state index in [-0.39, 0.29) is 0 Å². The second-order valence-electron chi connectivity index (χ2n) is 1.10. The molecule has 1 aliphatic heterocycles. The Bertz CT molecular complexity index is 55.3. The van der Waals surface area contributed by atoms with Crippen molar-refractivity contribution in [2.45, 2.75) is 0 Å². The van der Waals surface area contributed by atoms with Crippen LogP contribution in [0.3, 0.4) is 0 Å². The Labute approximate surface area is 55.0 Å². The summed E-state index contributed by atoms with van der Waals surface area (Å²) in [6.07, 6.45) is 0. The molecule has 2 N–H and O–H groups in total. The van der Waals surface area contributed by atoms with Crippen LogP contribution in [0.2, 0.25) is 0 Å². The third-order valence-electron chi connectivity index (χ3n) is 0.500. The van der Waals surface area contributed by atoms with Gasteiger partial charge in [-0.3, -0.25) is 0 Å². The van der Waals surface area contributed by atoms with Crippen molar-refractivity contribution in [3.05, 3.63) is 0 Å². The van der Waals surface area contributed by atoms with Crippen molar-refractivity contribution in [1.82, 2.24) is 0 Å². The number of rotatable bonds is 0. The van der Waals surface area contributed by atoms with Crippen LogP contribution in [0.15, 0.2) is 0 Å². The van der Waals surface area contributed by atoms with Crippen LogP contribution >= 0.6 is 0 Å². The molecule has 0 amide bonds. The van der Waals surface area contributed by atoms with Crippen molar-refractivity contribution >= 4 is 9.57 Å². The summed E-state index contributed by atoms with van der Waals surface area (Å²) >= 11 is 0. The molecule has 1 heterocycles. The Morgan fingerprint density at radius 2 is 1.33 bits per heavy atom. The lowest BCUT2D eigenvalue weighted by Gasteiger charge is -2.10. The highest BCUT2D eigenvalue weighted by Gasteiger charge is 1.93. The first-order valence-corrected chi connectivity index (χ1v) is 3.44. The molecule has 0 aromatic rings. The van der Waals surface area contributed by atoms with Gasteiger partial charge in [-0.15, -0.1) is 0 Å². The van der Waals surface area contributed by atoms with E-state index >= 15 is 0 Å². The predicted molar refractivity (Wildman–Crippen MR) is 29.9 cm³/mol. The van der Waals surface area contributed by atoms with E-state index in [1.54, 1.807) is 0 Å². The Morgan fingerprint density at radius 1 is 1.11 bits per heavy atom. The molecule has 0 radical (unpaired) electrons. The zero-order valence-corrected chi connectivity index (χ0v) is 6.06. The van der Waals surface area contributed by atoms with Crippen LogP contribution in [0.4, 0.5) is 0 Å². The molecule has 0 saturated carbocycles. The molecule has 54 valence electrons. The van der Waals surface area contributed by atoms with Crippen molar-refractivity contribution in [1.29, 1.82) is 0 Å². The van der Waals surface area contributed by atoms with Gasteiger partial charge in [0.25, 0.3) is 0 Å². The minimum atomic E-state index is -1.00. The van der Waals surface area contributed by atoms with E-state index in [1.165, 1.54) is 0 Å². The Kier molecular flexibility index (Phi) is 7.44. The fraction of sp³-hybridized carbons (Fsp3) is 1.00. The molecular formula is C3H9NO4Si. The summed E-state index contributed by atoms with van der Waals surface area (Å²) in [6, 6.07) is 0. The van der Waals surface area contributed by atoms with Gasteiger partial charge >= 0.3 is 9.57 Å². The quantitative estimate of drug-likeness (QED) is 0.429. The zero-order chi connectivity index (χ0) is 6.95. The van der Waals surface area contributed by atoms with Crippen molar-refractivity contribution in [3.8, 4) is 0 Å². The van der Waals surface area contributed by atoms with Gasteiger partial charge in [0.05, 0.1) is 0 Å². The first-order valence-electron chi connectivity index (χ1n) is 2.30. The molecule has 6 heteroatoms. The molecule has 1 saturated heterocycles. The minimum absolute atomic E-state index is 0.375. The lowest BCUT2D eigenvalue weighted by Crippen LogP contribution is -2.14. The molecule has 1 aliphatic rings. The number of nitrogens with two attached hydrogens (primary N) is 1. The average Bonchev–Trinajstić information content (AvgIpc) is 1.93. The van der Waals surface area contributed by atoms with Crippen LogP contribution in [0, 0.1) is 0 Å². The summed E-state index contributed by atoms with van der Waals surface area (Å²) in [5.41, 5.74) is 0. The van der Waals surface area contributed by atoms with Gasteiger partial charge in [0.1, 0.15) is 0 Å². The van der Waals surface area contributed by atoms with Crippen LogP contribution in [-0.2, 0) is 18.7 Å². The predicted octanol–water partition coefficient (Wildman–Crippen LogP) is -1.44. The molecule has 9 heavy (non-hydrogen) atoms. The summed E-state index contributed by atoms with van der Waals surface area (Å²) in [6.45, 7) is 1.12. The smallest absolute Gasteiger partial charge is 0.374 e. The molecule has 0 spiro atoms. The highest BCUT2D eigenvalue weighted by atomic mass is 28.2. The normalized spacial score (nSPS) is 17.3. The summed E-state index contributed by atoms with van der Waals surface area (Å²) in [4.78, 5) is 0. The molecule has 0 aromatic heterocycles. The van der Waals surface area contributed by atoms with Crippen molar-refractivity contribution in [2.24, 2.45) is 5.40 Å². The second-order valence-corrected chi connectivity index (χ2v) is 1.37. The number of ether oxygens (including phenoxy) is 3. The highest BCUT2D eigenvalue weighted by Crippen LogP contribution is 1.87. The van der Waals surface area contributed by atoms with Gasteiger partial charge in [0, 0.05) is 0 Å². The molecule has 0 unspecified atom stereocenters. The van der Waals surface area contributed by atoms with Gasteiger partial charge < -0.3 is 24.1 Å². The summed E-state index contributed by atoms with van der Waals surface area (Å²) in [5, 5.41) is 4.38. The molecule has 1 rings (SSSR count). The van der Waals surface area contributed by atoms with Gasteiger partial charge in [-0.1, -0.05) is 0 Å². The van der Waals surface area contributed by atoms with Crippen LogP contribution in [0.5, 0.6) is 0 Å². The van der Waals surface area contributed by atoms with E-state index in [0.29, 0.717) is 20.4 Å². The maximum absolute atomic E-state index is 8.79. The third-order valence-corrected chi connectivity index (χ3v) is 0.500. The standard InChI is InChI=1S/C3H6O3.H3NOSi/c1-4-2-6-3-5-1;1-3-2/h1-3H2;3H,1H2. The maximum Gasteiger partial charge on any atom is 0.374 e. The second kappa shape index (κ2) is 7.70. The van der Waals surface area contributed by atoms with Crippen LogP contribution < -0.4 is 5.40 Å². The SMILES string of the molecule is C1OCOCO1.N[SiH]=O. The molecular weight excluding hydrogens is 142 g/mol. The van der Waals surface area contributed by atoms with Gasteiger partial charge in [-0.05, 0) is 0 Å². The summed E-state index contributed by atoms with van der Waals surface area (Å²) < 4.78 is 22.7. The zero-order valence-electron chi connectivity index (χ0n) is 4.91. The fourth-order valence-corrected chi connectivity index (χ4v) is 0.279. The first-order chi connectivity index (χ1) is 4.41. The largest absolute Gasteiger partial charge is 0.405 e. The molecule has 1 fully saturated rings. The van der Waals surface area contributed by atoms with Crippen molar-refractivity contribution in [2.75, 3.05) is 20.4 Å². The van der Waals surface area contributed by atoms with E-state index in [4.69, 9.17) is 4.46 Å². The Morgan fingerprint density at radius 3 is 1.44 bits per heavy atom. The molecule has 0 bridgehead atoms. The average molecular weight is 151 g/mol. The van der Waals surface area contributed by atoms with E-state index < -0.39 is 9.57 Å². The van der Waals surface area contributed by atoms with Gasteiger partial charge in [-0.25, -0.2) is 0 Å².